The fourth-order valence-corrected chi connectivity index (χ4v) is 2.76. The second-order valence-corrected chi connectivity index (χ2v) is 6.49. The highest BCUT2D eigenvalue weighted by molar-refractivity contribution is 4.84. The van der Waals surface area contributed by atoms with Gasteiger partial charge in [0.2, 0.25) is 0 Å². The summed E-state index contributed by atoms with van der Waals surface area (Å²) in [6.07, 6.45) is 5.16. The largest absolute Gasteiger partial charge is 0.389 e. The first-order valence-corrected chi connectivity index (χ1v) is 7.89. The van der Waals surface area contributed by atoms with E-state index in [9.17, 15) is 5.11 Å². The second kappa shape index (κ2) is 7.58. The Morgan fingerprint density at radius 2 is 2.11 bits per heavy atom. The summed E-state index contributed by atoms with van der Waals surface area (Å²) in [7, 11) is 0. The van der Waals surface area contributed by atoms with Crippen LogP contribution in [0, 0.1) is 5.92 Å². The quantitative estimate of drug-likeness (QED) is 0.696. The van der Waals surface area contributed by atoms with E-state index in [1.54, 1.807) is 0 Å². The van der Waals surface area contributed by atoms with Crippen LogP contribution in [0.2, 0.25) is 0 Å². The Hall–Kier alpha value is -0.160. The molecule has 2 atom stereocenters. The predicted molar refractivity (Wildman–Crippen MR) is 77.3 cm³/mol. The predicted octanol–water partition coefficient (Wildman–Crippen LogP) is 1.24. The number of aliphatic hydroxyl groups is 1. The molecule has 0 spiro atoms. The molecule has 112 valence electrons. The zero-order valence-corrected chi connectivity index (χ0v) is 12.5. The Morgan fingerprint density at radius 3 is 2.79 bits per heavy atom. The molecule has 2 N–H and O–H groups in total. The minimum Gasteiger partial charge on any atom is -0.389 e. The van der Waals surface area contributed by atoms with Crippen LogP contribution in [0.15, 0.2) is 0 Å². The molecule has 2 rings (SSSR count). The number of β-amino-alcohol motifs (C(OH)–C–C–N with tert-alkyl or cyclic N) is 1. The smallest absolute Gasteiger partial charge is 0.0900 e. The average Bonchev–Trinajstić information content (AvgIpc) is 3.18. The molecule has 0 aromatic heterocycles. The fourth-order valence-electron chi connectivity index (χ4n) is 2.76. The molecular formula is C15H30N2O2. The first-order valence-electron chi connectivity index (χ1n) is 7.89. The highest BCUT2D eigenvalue weighted by Gasteiger charge is 2.25. The lowest BCUT2D eigenvalue weighted by atomic mass is 9.97. The van der Waals surface area contributed by atoms with Crippen LogP contribution >= 0.6 is 0 Å². The lowest BCUT2D eigenvalue weighted by molar-refractivity contribution is -0.0135. The number of ether oxygens (including phenoxy) is 1. The lowest BCUT2D eigenvalue weighted by Crippen LogP contribution is -2.44. The standard InChI is InChI=1S/C15H30N2O2/c1-12(2)19-11-15(18)10-17-7-3-4-13(9-17)8-16-14-5-6-14/h12-16,18H,3-11H2,1-2H3. The van der Waals surface area contributed by atoms with E-state index in [0.29, 0.717) is 6.61 Å². The van der Waals surface area contributed by atoms with Crippen molar-refractivity contribution in [2.45, 2.75) is 57.8 Å². The molecule has 1 heterocycles. The zero-order chi connectivity index (χ0) is 13.7. The molecule has 1 saturated carbocycles. The third kappa shape index (κ3) is 6.21. The monoisotopic (exact) mass is 270 g/mol. The molecule has 1 aliphatic heterocycles. The third-order valence-corrected chi connectivity index (χ3v) is 3.97. The molecule has 0 radical (unpaired) electrons. The summed E-state index contributed by atoms with van der Waals surface area (Å²) in [5.41, 5.74) is 0. The van der Waals surface area contributed by atoms with Crippen molar-refractivity contribution in [2.75, 3.05) is 32.8 Å². The molecule has 0 aromatic carbocycles. The number of hydrogen-bond donors (Lipinski definition) is 2. The van der Waals surface area contributed by atoms with Gasteiger partial charge in [-0.1, -0.05) is 0 Å². The molecule has 0 aromatic rings. The average molecular weight is 270 g/mol. The van der Waals surface area contributed by atoms with Crippen LogP contribution in [0.1, 0.15) is 39.5 Å². The summed E-state index contributed by atoms with van der Waals surface area (Å²) in [4.78, 5) is 2.40. The lowest BCUT2D eigenvalue weighted by Gasteiger charge is -2.34. The van der Waals surface area contributed by atoms with Crippen LogP contribution in [-0.4, -0.2) is 61.0 Å². The molecule has 4 nitrogen and oxygen atoms in total. The van der Waals surface area contributed by atoms with Gasteiger partial charge in [0.1, 0.15) is 0 Å². The molecule has 1 saturated heterocycles. The van der Waals surface area contributed by atoms with Crippen LogP contribution < -0.4 is 5.32 Å². The van der Waals surface area contributed by atoms with E-state index in [4.69, 9.17) is 4.74 Å². The Morgan fingerprint density at radius 1 is 1.32 bits per heavy atom. The zero-order valence-electron chi connectivity index (χ0n) is 12.5. The van der Waals surface area contributed by atoms with Gasteiger partial charge in [-0.15, -0.1) is 0 Å². The molecular weight excluding hydrogens is 240 g/mol. The van der Waals surface area contributed by atoms with Crippen molar-refractivity contribution in [1.29, 1.82) is 0 Å². The van der Waals surface area contributed by atoms with Gasteiger partial charge in [0.25, 0.3) is 0 Å². The number of hydrogen-bond acceptors (Lipinski definition) is 4. The molecule has 1 aliphatic carbocycles. The van der Waals surface area contributed by atoms with Crippen molar-refractivity contribution in [2.24, 2.45) is 5.92 Å². The number of nitrogens with zero attached hydrogens (tertiary/aromatic N) is 1. The minimum absolute atomic E-state index is 0.200. The summed E-state index contributed by atoms with van der Waals surface area (Å²) in [5, 5.41) is 13.6. The summed E-state index contributed by atoms with van der Waals surface area (Å²) in [5.74, 6) is 0.757. The first kappa shape index (κ1) is 15.2. The molecule has 2 unspecified atom stereocenters. The number of rotatable bonds is 8. The SMILES string of the molecule is CC(C)OCC(O)CN1CCCC(CNC2CC2)C1. The van der Waals surface area contributed by atoms with E-state index in [1.165, 1.54) is 25.7 Å². The molecule has 4 heteroatoms. The summed E-state index contributed by atoms with van der Waals surface area (Å²) >= 11 is 0. The van der Waals surface area contributed by atoms with Crippen molar-refractivity contribution in [1.82, 2.24) is 10.2 Å². The van der Waals surface area contributed by atoms with Crippen molar-refractivity contribution in [3.05, 3.63) is 0 Å². The van der Waals surface area contributed by atoms with Gasteiger partial charge in [-0.2, -0.15) is 0 Å². The molecule has 19 heavy (non-hydrogen) atoms. The van der Waals surface area contributed by atoms with Gasteiger partial charge in [-0.3, -0.25) is 0 Å². The molecule has 0 amide bonds. The Labute approximate surface area is 117 Å². The van der Waals surface area contributed by atoms with E-state index < -0.39 is 0 Å². The van der Waals surface area contributed by atoms with Crippen LogP contribution in [0.25, 0.3) is 0 Å². The second-order valence-electron chi connectivity index (χ2n) is 6.49. The van der Waals surface area contributed by atoms with Gasteiger partial charge in [0.05, 0.1) is 18.8 Å². The maximum absolute atomic E-state index is 9.98. The molecule has 2 aliphatic rings. The third-order valence-electron chi connectivity index (χ3n) is 3.97. The van der Waals surface area contributed by atoms with Crippen LogP contribution in [0.4, 0.5) is 0 Å². The number of piperidine rings is 1. The van der Waals surface area contributed by atoms with Crippen molar-refractivity contribution in [3.8, 4) is 0 Å². The highest BCUT2D eigenvalue weighted by Crippen LogP contribution is 2.21. The van der Waals surface area contributed by atoms with Gasteiger partial charge in [0.15, 0.2) is 0 Å². The normalized spacial score (nSPS) is 26.8. The van der Waals surface area contributed by atoms with Crippen LogP contribution in [0.5, 0.6) is 0 Å². The maximum atomic E-state index is 9.98. The van der Waals surface area contributed by atoms with E-state index >= 15 is 0 Å². The van der Waals surface area contributed by atoms with E-state index in [-0.39, 0.29) is 12.2 Å². The Bertz CT molecular complexity index is 255. The van der Waals surface area contributed by atoms with Crippen LogP contribution in [-0.2, 0) is 4.74 Å². The minimum atomic E-state index is -0.349. The highest BCUT2D eigenvalue weighted by atomic mass is 16.5. The van der Waals surface area contributed by atoms with E-state index in [2.05, 4.69) is 10.2 Å². The number of nitrogens with one attached hydrogen (secondary N) is 1. The van der Waals surface area contributed by atoms with Crippen molar-refractivity contribution in [3.63, 3.8) is 0 Å². The van der Waals surface area contributed by atoms with Gasteiger partial charge in [0, 0.05) is 19.1 Å². The topological polar surface area (TPSA) is 44.7 Å². The fraction of sp³-hybridized carbons (Fsp3) is 1.00. The number of likely N-dealkylation sites (tertiary alicyclic amines) is 1. The maximum Gasteiger partial charge on any atom is 0.0900 e. The summed E-state index contributed by atoms with van der Waals surface area (Å²) in [6.45, 7) is 8.63. The van der Waals surface area contributed by atoms with E-state index in [1.807, 2.05) is 13.8 Å². The van der Waals surface area contributed by atoms with Gasteiger partial charge >= 0.3 is 0 Å². The number of aliphatic hydroxyl groups excluding tert-OH is 1. The van der Waals surface area contributed by atoms with Gasteiger partial charge < -0.3 is 20.1 Å². The van der Waals surface area contributed by atoms with Gasteiger partial charge in [-0.25, -0.2) is 0 Å². The van der Waals surface area contributed by atoms with Crippen LogP contribution in [0.3, 0.4) is 0 Å². The molecule has 0 bridgehead atoms. The van der Waals surface area contributed by atoms with Gasteiger partial charge in [-0.05, 0) is 58.5 Å². The molecule has 2 fully saturated rings. The Balaban J connectivity index is 1.61. The van der Waals surface area contributed by atoms with Crippen molar-refractivity contribution >= 4 is 0 Å². The van der Waals surface area contributed by atoms with Crippen molar-refractivity contribution < 1.29 is 9.84 Å². The Kier molecular flexibility index (Phi) is 6.07. The van der Waals surface area contributed by atoms with E-state index in [0.717, 1.165) is 38.1 Å². The first-order chi connectivity index (χ1) is 9.13. The summed E-state index contributed by atoms with van der Waals surface area (Å²) < 4.78 is 5.47. The summed E-state index contributed by atoms with van der Waals surface area (Å²) in [6, 6.07) is 0.806.